The van der Waals surface area contributed by atoms with Crippen molar-refractivity contribution < 1.29 is 24.5 Å². The topological polar surface area (TPSA) is 100 Å². The molecule has 146 valence electrons. The van der Waals surface area contributed by atoms with Crippen molar-refractivity contribution in [2.45, 2.75) is 26.7 Å². The molecule has 0 amide bonds. The maximum absolute atomic E-state index is 13.0. The Labute approximate surface area is 161 Å². The molecule has 0 unspecified atom stereocenters. The highest BCUT2D eigenvalue weighted by atomic mass is 16.5. The summed E-state index contributed by atoms with van der Waals surface area (Å²) in [6, 6.07) is 7.41. The molecule has 0 saturated carbocycles. The van der Waals surface area contributed by atoms with Gasteiger partial charge in [0.25, 0.3) is 0 Å². The predicted molar refractivity (Wildman–Crippen MR) is 107 cm³/mol. The first-order chi connectivity index (χ1) is 13.3. The fourth-order valence-electron chi connectivity index (χ4n) is 3.09. The van der Waals surface area contributed by atoms with Crippen molar-refractivity contribution in [3.8, 4) is 34.3 Å². The van der Waals surface area contributed by atoms with E-state index >= 15 is 0 Å². The highest BCUT2D eigenvalue weighted by molar-refractivity contribution is 5.90. The zero-order chi connectivity index (χ0) is 20.4. The highest BCUT2D eigenvalue weighted by Gasteiger charge is 2.22. The second-order valence-electron chi connectivity index (χ2n) is 6.76. The Morgan fingerprint density at radius 2 is 1.82 bits per heavy atom. The summed E-state index contributed by atoms with van der Waals surface area (Å²) >= 11 is 0. The van der Waals surface area contributed by atoms with Gasteiger partial charge in [-0.1, -0.05) is 11.6 Å². The Bertz CT molecular complexity index is 1100. The Morgan fingerprint density at radius 3 is 2.43 bits per heavy atom. The number of fused-ring (bicyclic) bond motifs is 1. The molecular formula is C22H22O6. The van der Waals surface area contributed by atoms with Crippen LogP contribution in [0.5, 0.6) is 23.0 Å². The van der Waals surface area contributed by atoms with Gasteiger partial charge in [0.05, 0.1) is 7.11 Å². The molecule has 3 rings (SSSR count). The number of hydrogen-bond acceptors (Lipinski definition) is 6. The molecule has 0 aliphatic rings. The van der Waals surface area contributed by atoms with E-state index in [4.69, 9.17) is 9.15 Å². The van der Waals surface area contributed by atoms with Crippen LogP contribution in [0.2, 0.25) is 0 Å². The van der Waals surface area contributed by atoms with E-state index < -0.39 is 5.43 Å². The molecular weight excluding hydrogens is 360 g/mol. The third-order valence-electron chi connectivity index (χ3n) is 4.48. The quantitative estimate of drug-likeness (QED) is 0.563. The summed E-state index contributed by atoms with van der Waals surface area (Å²) in [7, 11) is 1.34. The molecule has 3 N–H and O–H groups in total. The Hall–Kier alpha value is -3.41. The average molecular weight is 382 g/mol. The fourth-order valence-corrected chi connectivity index (χ4v) is 3.09. The molecule has 1 heterocycles. The van der Waals surface area contributed by atoms with Crippen LogP contribution in [-0.4, -0.2) is 22.4 Å². The zero-order valence-corrected chi connectivity index (χ0v) is 15.9. The molecule has 0 fully saturated rings. The summed E-state index contributed by atoms with van der Waals surface area (Å²) in [6.45, 7) is 3.93. The minimum Gasteiger partial charge on any atom is -0.508 e. The minimum atomic E-state index is -0.534. The molecule has 0 radical (unpaired) electrons. The van der Waals surface area contributed by atoms with Crippen molar-refractivity contribution in [1.29, 1.82) is 0 Å². The van der Waals surface area contributed by atoms with Gasteiger partial charge in [0, 0.05) is 17.2 Å². The third kappa shape index (κ3) is 3.53. The van der Waals surface area contributed by atoms with Crippen LogP contribution in [0.1, 0.15) is 25.8 Å². The second-order valence-corrected chi connectivity index (χ2v) is 6.76. The van der Waals surface area contributed by atoms with Gasteiger partial charge in [-0.15, -0.1) is 0 Å². The molecule has 1 aromatic heterocycles. The van der Waals surface area contributed by atoms with Gasteiger partial charge in [-0.2, -0.15) is 0 Å². The lowest BCUT2D eigenvalue weighted by atomic mass is 10.0. The van der Waals surface area contributed by atoms with Crippen molar-refractivity contribution >= 4 is 11.0 Å². The smallest absolute Gasteiger partial charge is 0.239 e. The summed E-state index contributed by atoms with van der Waals surface area (Å²) in [5.74, 6) is -0.286. The van der Waals surface area contributed by atoms with Crippen LogP contribution in [0.25, 0.3) is 22.3 Å². The van der Waals surface area contributed by atoms with E-state index in [0.717, 1.165) is 5.57 Å². The van der Waals surface area contributed by atoms with Crippen LogP contribution in [0, 0.1) is 0 Å². The molecule has 3 aromatic rings. The van der Waals surface area contributed by atoms with Crippen molar-refractivity contribution in [3.63, 3.8) is 0 Å². The van der Waals surface area contributed by atoms with Crippen molar-refractivity contribution in [3.05, 3.63) is 57.8 Å². The summed E-state index contributed by atoms with van der Waals surface area (Å²) in [5, 5.41) is 30.5. The number of allylic oxidation sites excluding steroid dienone is 2. The van der Waals surface area contributed by atoms with Crippen molar-refractivity contribution in [1.82, 2.24) is 0 Å². The van der Waals surface area contributed by atoms with E-state index in [1.54, 1.807) is 12.1 Å². The molecule has 0 aliphatic carbocycles. The minimum absolute atomic E-state index is 0.0376. The summed E-state index contributed by atoms with van der Waals surface area (Å²) in [4.78, 5) is 13.0. The van der Waals surface area contributed by atoms with Gasteiger partial charge in [0.15, 0.2) is 5.76 Å². The highest BCUT2D eigenvalue weighted by Crippen LogP contribution is 2.39. The number of benzene rings is 2. The van der Waals surface area contributed by atoms with Gasteiger partial charge < -0.3 is 24.5 Å². The third-order valence-corrected chi connectivity index (χ3v) is 4.48. The number of rotatable bonds is 5. The van der Waals surface area contributed by atoms with E-state index in [9.17, 15) is 20.1 Å². The molecule has 0 saturated heterocycles. The van der Waals surface area contributed by atoms with Crippen LogP contribution in [0.15, 0.2) is 51.2 Å². The first-order valence-corrected chi connectivity index (χ1v) is 8.84. The van der Waals surface area contributed by atoms with Crippen LogP contribution < -0.4 is 10.2 Å². The van der Waals surface area contributed by atoms with E-state index in [1.165, 1.54) is 25.3 Å². The molecule has 0 bridgehead atoms. The lowest BCUT2D eigenvalue weighted by Crippen LogP contribution is -2.08. The van der Waals surface area contributed by atoms with Crippen LogP contribution in [-0.2, 0) is 6.42 Å². The first-order valence-electron chi connectivity index (χ1n) is 8.84. The number of phenolic OH excluding ortho intramolecular Hbond substituents is 3. The fraction of sp³-hybridized carbons (Fsp3) is 0.227. The lowest BCUT2D eigenvalue weighted by Gasteiger charge is -2.13. The number of ether oxygens (including phenoxy) is 1. The van der Waals surface area contributed by atoms with E-state index in [1.807, 2.05) is 19.9 Å². The van der Waals surface area contributed by atoms with Gasteiger partial charge in [0.2, 0.25) is 11.2 Å². The number of methoxy groups -OCH3 is 1. The molecule has 6 heteroatoms. The monoisotopic (exact) mass is 382 g/mol. The molecule has 28 heavy (non-hydrogen) atoms. The normalized spacial score (nSPS) is 10.8. The van der Waals surface area contributed by atoms with Crippen LogP contribution >= 0.6 is 0 Å². The Morgan fingerprint density at radius 1 is 1.14 bits per heavy atom. The number of aromatic hydroxyl groups is 3. The maximum Gasteiger partial charge on any atom is 0.239 e. The molecule has 0 aliphatic heterocycles. The number of phenols is 3. The SMILES string of the molecule is COc1c(-c2ccc(O)cc2)oc2cc(O)c(CCC=C(C)C)c(O)c2c1=O. The zero-order valence-electron chi connectivity index (χ0n) is 15.9. The van der Waals surface area contributed by atoms with Gasteiger partial charge in [-0.3, -0.25) is 4.79 Å². The van der Waals surface area contributed by atoms with Crippen molar-refractivity contribution in [2.24, 2.45) is 0 Å². The summed E-state index contributed by atoms with van der Waals surface area (Å²) < 4.78 is 11.1. The van der Waals surface area contributed by atoms with Gasteiger partial charge in [0.1, 0.15) is 28.2 Å². The second kappa shape index (κ2) is 7.68. The predicted octanol–water partition coefficient (Wildman–Crippen LogP) is 4.48. The standard InChI is InChI=1S/C22H22O6/c1-12(2)5-4-6-15-16(24)11-17-18(19(15)25)20(26)22(27-3)21(28-17)13-7-9-14(23)10-8-13/h5,7-11,23-25H,4,6H2,1-3H3. The van der Waals surface area contributed by atoms with Gasteiger partial charge in [-0.05, 0) is 51.0 Å². The molecule has 0 spiro atoms. The van der Waals surface area contributed by atoms with E-state index in [-0.39, 0.29) is 45.3 Å². The lowest BCUT2D eigenvalue weighted by molar-refractivity contribution is 0.396. The van der Waals surface area contributed by atoms with Crippen LogP contribution in [0.3, 0.4) is 0 Å². The van der Waals surface area contributed by atoms with E-state index in [0.29, 0.717) is 18.4 Å². The van der Waals surface area contributed by atoms with Gasteiger partial charge >= 0.3 is 0 Å². The van der Waals surface area contributed by atoms with E-state index in [2.05, 4.69) is 0 Å². The molecule has 2 aromatic carbocycles. The molecule has 0 atom stereocenters. The Balaban J connectivity index is 2.22. The summed E-state index contributed by atoms with van der Waals surface area (Å²) in [6.07, 6.45) is 2.98. The summed E-state index contributed by atoms with van der Waals surface area (Å²) in [5.41, 5.74) is 1.44. The Kier molecular flexibility index (Phi) is 5.31. The largest absolute Gasteiger partial charge is 0.508 e. The van der Waals surface area contributed by atoms with Crippen molar-refractivity contribution in [2.75, 3.05) is 7.11 Å². The molecule has 6 nitrogen and oxygen atoms in total. The van der Waals surface area contributed by atoms with Crippen LogP contribution in [0.4, 0.5) is 0 Å². The first kappa shape index (κ1) is 19.4. The maximum atomic E-state index is 13.0. The van der Waals surface area contributed by atoms with Gasteiger partial charge in [-0.25, -0.2) is 0 Å². The number of hydrogen-bond donors (Lipinski definition) is 3. The average Bonchev–Trinajstić information content (AvgIpc) is 2.64.